The molecule has 25 heavy (non-hydrogen) atoms. The molecule has 3 amide bonds. The van der Waals surface area contributed by atoms with Gasteiger partial charge in [-0.3, -0.25) is 14.9 Å². The van der Waals surface area contributed by atoms with E-state index in [4.69, 9.17) is 16.6 Å². The van der Waals surface area contributed by atoms with E-state index in [2.05, 4.69) is 5.32 Å². The fourth-order valence-corrected chi connectivity index (χ4v) is 3.21. The number of rotatable bonds is 7. The molecule has 0 fully saturated rings. The molecule has 0 saturated heterocycles. The van der Waals surface area contributed by atoms with Crippen LogP contribution in [0.5, 0.6) is 0 Å². The molecule has 7 nitrogen and oxygen atoms in total. The molecule has 0 radical (unpaired) electrons. The molecule has 0 spiro atoms. The number of anilines is 1. The number of benzene rings is 1. The summed E-state index contributed by atoms with van der Waals surface area (Å²) in [4.78, 5) is 33.8. The molecule has 0 bridgehead atoms. The van der Waals surface area contributed by atoms with Crippen molar-refractivity contribution in [2.45, 2.75) is 12.8 Å². The molecule has 1 aromatic heterocycles. The van der Waals surface area contributed by atoms with Crippen molar-refractivity contribution in [2.75, 3.05) is 5.32 Å². The first-order chi connectivity index (χ1) is 11.9. The highest BCUT2D eigenvalue weighted by Crippen LogP contribution is 2.35. The van der Waals surface area contributed by atoms with Crippen LogP contribution in [0.3, 0.4) is 0 Å². The average Bonchev–Trinajstić information content (AvgIpc) is 2.95. The van der Waals surface area contributed by atoms with Crippen LogP contribution in [0.1, 0.15) is 28.8 Å². The Hall–Kier alpha value is -3.13. The van der Waals surface area contributed by atoms with E-state index in [0.29, 0.717) is 11.4 Å². The highest BCUT2D eigenvalue weighted by Gasteiger charge is 2.16. The number of hydrogen-bond acceptors (Lipinski definition) is 4. The second-order valence-corrected chi connectivity index (χ2v) is 6.22. The summed E-state index contributed by atoms with van der Waals surface area (Å²) in [6.45, 7) is 0. The van der Waals surface area contributed by atoms with Gasteiger partial charge in [0, 0.05) is 11.3 Å². The number of aliphatic carboxylic acids is 1. The summed E-state index contributed by atoms with van der Waals surface area (Å²) < 4.78 is 0. The topological polar surface area (TPSA) is 136 Å². The lowest BCUT2D eigenvalue weighted by Gasteiger charge is -2.00. The normalized spacial score (nSPS) is 10.7. The first-order valence-corrected chi connectivity index (χ1v) is 8.17. The van der Waals surface area contributed by atoms with Crippen LogP contribution in [0.4, 0.5) is 9.80 Å². The number of carboxylic acid groups (broad SMARTS) is 1. The Morgan fingerprint density at radius 2 is 1.96 bits per heavy atom. The van der Waals surface area contributed by atoms with Crippen molar-refractivity contribution >= 4 is 40.3 Å². The van der Waals surface area contributed by atoms with Crippen molar-refractivity contribution < 1.29 is 19.5 Å². The zero-order valence-electron chi connectivity index (χ0n) is 13.2. The summed E-state index contributed by atoms with van der Waals surface area (Å²) in [7, 11) is 0. The van der Waals surface area contributed by atoms with Gasteiger partial charge in [0.05, 0.1) is 5.56 Å². The van der Waals surface area contributed by atoms with Crippen LogP contribution in [-0.2, 0) is 4.79 Å². The Kier molecular flexibility index (Phi) is 5.91. The largest absolute Gasteiger partial charge is 0.481 e. The number of carbonyl (C=O) groups excluding carboxylic acids is 2. The fraction of sp³-hybridized carbons (Fsp3) is 0.118. The van der Waals surface area contributed by atoms with E-state index >= 15 is 0 Å². The summed E-state index contributed by atoms with van der Waals surface area (Å²) in [5.41, 5.74) is 12.4. The van der Waals surface area contributed by atoms with Crippen LogP contribution >= 0.6 is 11.3 Å². The Bertz CT molecular complexity index is 842. The van der Waals surface area contributed by atoms with Gasteiger partial charge in [-0.25, -0.2) is 4.79 Å². The van der Waals surface area contributed by atoms with E-state index in [1.807, 2.05) is 30.3 Å². The van der Waals surface area contributed by atoms with Gasteiger partial charge in [0.1, 0.15) is 5.00 Å². The Morgan fingerprint density at radius 1 is 1.20 bits per heavy atom. The van der Waals surface area contributed by atoms with E-state index in [9.17, 15) is 14.4 Å². The molecular formula is C17H17N3O4S. The fourth-order valence-electron chi connectivity index (χ4n) is 2.14. The maximum absolute atomic E-state index is 11.5. The molecular weight excluding hydrogens is 342 g/mol. The van der Waals surface area contributed by atoms with E-state index in [-0.39, 0.29) is 12.0 Å². The smallest absolute Gasteiger partial charge is 0.317 e. The average molecular weight is 359 g/mol. The van der Waals surface area contributed by atoms with Crippen molar-refractivity contribution in [3.05, 3.63) is 47.5 Å². The first kappa shape index (κ1) is 18.2. The number of allylic oxidation sites excluding steroid dienone is 1. The molecule has 0 aliphatic rings. The van der Waals surface area contributed by atoms with Crippen LogP contribution in [0.2, 0.25) is 0 Å². The first-order valence-electron chi connectivity index (χ1n) is 7.35. The molecule has 0 atom stereocenters. The van der Waals surface area contributed by atoms with Crippen molar-refractivity contribution in [3.8, 4) is 10.4 Å². The van der Waals surface area contributed by atoms with Gasteiger partial charge in [0.25, 0.3) is 5.91 Å². The van der Waals surface area contributed by atoms with Crippen LogP contribution < -0.4 is 16.8 Å². The quantitative estimate of drug-likeness (QED) is 0.604. The Balaban J connectivity index is 2.26. The molecule has 8 heteroatoms. The second kappa shape index (κ2) is 8.11. The zero-order valence-corrected chi connectivity index (χ0v) is 14.0. The number of primary amides is 2. The van der Waals surface area contributed by atoms with Crippen LogP contribution in [0.25, 0.3) is 16.5 Å². The summed E-state index contributed by atoms with van der Waals surface area (Å²) in [6, 6.07) is 8.31. The third-order valence-electron chi connectivity index (χ3n) is 3.24. The Morgan fingerprint density at radius 3 is 2.60 bits per heavy atom. The minimum absolute atomic E-state index is 0.0746. The predicted octanol–water partition coefficient (Wildman–Crippen LogP) is 2.88. The summed E-state index contributed by atoms with van der Waals surface area (Å²) >= 11 is 1.20. The van der Waals surface area contributed by atoms with Gasteiger partial charge in [-0.15, -0.1) is 11.3 Å². The van der Waals surface area contributed by atoms with Gasteiger partial charge in [-0.05, 0) is 29.7 Å². The van der Waals surface area contributed by atoms with Crippen LogP contribution in [0, 0.1) is 0 Å². The Labute approximate surface area is 148 Å². The third kappa shape index (κ3) is 5.18. The number of urea groups is 1. The molecule has 0 saturated carbocycles. The van der Waals surface area contributed by atoms with Gasteiger partial charge in [-0.2, -0.15) is 0 Å². The molecule has 2 aromatic rings. The molecule has 6 N–H and O–H groups in total. The highest BCUT2D eigenvalue weighted by atomic mass is 32.1. The van der Waals surface area contributed by atoms with E-state index in [0.717, 1.165) is 16.0 Å². The number of nitrogens with two attached hydrogens (primary N) is 2. The van der Waals surface area contributed by atoms with E-state index in [1.165, 1.54) is 11.3 Å². The number of carboxylic acids is 1. The number of carbonyl (C=O) groups is 3. The lowest BCUT2D eigenvalue weighted by molar-refractivity contribution is -0.136. The zero-order chi connectivity index (χ0) is 18.4. The number of thiophene rings is 1. The molecule has 0 aliphatic heterocycles. The van der Waals surface area contributed by atoms with Gasteiger partial charge in [0.2, 0.25) is 0 Å². The number of nitrogens with one attached hydrogen (secondary N) is 1. The number of amides is 3. The van der Waals surface area contributed by atoms with Crippen molar-refractivity contribution in [1.82, 2.24) is 0 Å². The standard InChI is InChI=1S/C17H17N3O4S/c18-15(23)12-9-13(25-16(12)20-17(19)24)11-6-3-5-10(8-11)4-1-2-7-14(21)22/h1,3-6,8-9H,2,7H2,(H2,18,23)(H,21,22)(H3,19,20,24). The predicted molar refractivity (Wildman–Crippen MR) is 97.4 cm³/mol. The molecule has 2 rings (SSSR count). The third-order valence-corrected chi connectivity index (χ3v) is 4.34. The van der Waals surface area contributed by atoms with Gasteiger partial charge < -0.3 is 16.6 Å². The van der Waals surface area contributed by atoms with Crippen LogP contribution in [0.15, 0.2) is 36.4 Å². The van der Waals surface area contributed by atoms with E-state index in [1.54, 1.807) is 12.1 Å². The maximum Gasteiger partial charge on any atom is 0.317 e. The molecule has 130 valence electrons. The molecule has 1 heterocycles. The summed E-state index contributed by atoms with van der Waals surface area (Å²) in [5.74, 6) is -1.50. The summed E-state index contributed by atoms with van der Waals surface area (Å²) in [5, 5.41) is 11.3. The van der Waals surface area contributed by atoms with Crippen LogP contribution in [-0.4, -0.2) is 23.0 Å². The molecule has 0 aliphatic carbocycles. The minimum Gasteiger partial charge on any atom is -0.481 e. The SMILES string of the molecule is NC(=O)Nc1sc(-c2cccc(C=CCCC(=O)O)c2)cc1C(N)=O. The highest BCUT2D eigenvalue weighted by molar-refractivity contribution is 7.20. The second-order valence-electron chi connectivity index (χ2n) is 5.17. The van der Waals surface area contributed by atoms with E-state index < -0.39 is 17.9 Å². The monoisotopic (exact) mass is 359 g/mol. The van der Waals surface area contributed by atoms with Gasteiger partial charge in [0.15, 0.2) is 0 Å². The van der Waals surface area contributed by atoms with Crippen molar-refractivity contribution in [2.24, 2.45) is 11.5 Å². The molecule has 0 unspecified atom stereocenters. The lowest BCUT2D eigenvalue weighted by atomic mass is 10.1. The van der Waals surface area contributed by atoms with Gasteiger partial charge >= 0.3 is 12.0 Å². The maximum atomic E-state index is 11.5. The molecule has 1 aromatic carbocycles. The van der Waals surface area contributed by atoms with Crippen molar-refractivity contribution in [3.63, 3.8) is 0 Å². The van der Waals surface area contributed by atoms with Crippen molar-refractivity contribution in [1.29, 1.82) is 0 Å². The number of hydrogen-bond donors (Lipinski definition) is 4. The minimum atomic E-state index is -0.842. The lowest BCUT2D eigenvalue weighted by Crippen LogP contribution is -2.21. The van der Waals surface area contributed by atoms with Gasteiger partial charge in [-0.1, -0.05) is 30.4 Å². The summed E-state index contributed by atoms with van der Waals surface area (Å²) in [6.07, 6.45) is 4.14.